The van der Waals surface area contributed by atoms with Gasteiger partial charge in [-0.2, -0.15) is 4.98 Å². The second kappa shape index (κ2) is 7.19. The Morgan fingerprint density at radius 3 is 2.64 bits per heavy atom. The number of sulfonamides is 1. The van der Waals surface area contributed by atoms with Crippen LogP contribution in [-0.4, -0.2) is 47.6 Å². The highest BCUT2D eigenvalue weighted by Crippen LogP contribution is 2.20. The first kappa shape index (κ1) is 16.9. The molecule has 8 nitrogen and oxygen atoms in total. The van der Waals surface area contributed by atoms with E-state index in [-0.39, 0.29) is 24.1 Å². The Bertz CT molecular complexity index is 605. The lowest BCUT2D eigenvalue weighted by Gasteiger charge is -2.30. The number of nitrogens with one attached hydrogen (secondary N) is 1. The summed E-state index contributed by atoms with van der Waals surface area (Å²) in [6.07, 6.45) is 1.68. The van der Waals surface area contributed by atoms with Crippen LogP contribution in [0.2, 0.25) is 0 Å². The molecule has 0 aromatic carbocycles. The third-order valence-corrected chi connectivity index (χ3v) is 5.74. The molecular formula is C13H22N4O4S. The lowest BCUT2D eigenvalue weighted by atomic mass is 9.97. The van der Waals surface area contributed by atoms with E-state index in [1.807, 2.05) is 6.92 Å². The Hall–Kier alpha value is -1.48. The van der Waals surface area contributed by atoms with Gasteiger partial charge in [0.15, 0.2) is 5.82 Å². The normalized spacial score (nSPS) is 17.5. The molecule has 124 valence electrons. The average molecular weight is 330 g/mol. The van der Waals surface area contributed by atoms with Crippen molar-refractivity contribution in [2.75, 3.05) is 18.8 Å². The van der Waals surface area contributed by atoms with Gasteiger partial charge in [0.25, 0.3) is 0 Å². The highest BCUT2D eigenvalue weighted by atomic mass is 32.2. The molecule has 2 heterocycles. The summed E-state index contributed by atoms with van der Waals surface area (Å²) in [5, 5.41) is 6.41. The Morgan fingerprint density at radius 1 is 1.41 bits per heavy atom. The van der Waals surface area contributed by atoms with E-state index in [2.05, 4.69) is 15.5 Å². The summed E-state index contributed by atoms with van der Waals surface area (Å²) >= 11 is 0. The second-order valence-electron chi connectivity index (χ2n) is 5.44. The van der Waals surface area contributed by atoms with Crippen LogP contribution in [-0.2, 0) is 21.4 Å². The molecule has 0 radical (unpaired) electrons. The highest BCUT2D eigenvalue weighted by molar-refractivity contribution is 7.89. The van der Waals surface area contributed by atoms with Gasteiger partial charge < -0.3 is 9.84 Å². The third-order valence-electron chi connectivity index (χ3n) is 3.66. The minimum atomic E-state index is -3.17. The van der Waals surface area contributed by atoms with Crippen LogP contribution in [0.15, 0.2) is 4.52 Å². The summed E-state index contributed by atoms with van der Waals surface area (Å²) in [7, 11) is -3.17. The fourth-order valence-electron chi connectivity index (χ4n) is 2.50. The Kier molecular flexibility index (Phi) is 5.52. The Morgan fingerprint density at radius 2 is 2.09 bits per heavy atom. The van der Waals surface area contributed by atoms with Crippen molar-refractivity contribution >= 4 is 15.9 Å². The molecule has 9 heteroatoms. The zero-order valence-electron chi connectivity index (χ0n) is 12.9. The smallest absolute Gasteiger partial charge is 0.246 e. The highest BCUT2D eigenvalue weighted by Gasteiger charge is 2.30. The van der Waals surface area contributed by atoms with Crippen LogP contribution in [0.25, 0.3) is 0 Å². The first-order valence-corrected chi connectivity index (χ1v) is 9.08. The predicted octanol–water partition coefficient (Wildman–Crippen LogP) is 0.446. The van der Waals surface area contributed by atoms with Gasteiger partial charge in [-0.15, -0.1) is 0 Å². The first-order valence-electron chi connectivity index (χ1n) is 7.47. The largest absolute Gasteiger partial charge is 0.347 e. The van der Waals surface area contributed by atoms with Crippen LogP contribution in [0.5, 0.6) is 0 Å². The van der Waals surface area contributed by atoms with Crippen LogP contribution < -0.4 is 5.32 Å². The van der Waals surface area contributed by atoms with Gasteiger partial charge in [-0.25, -0.2) is 12.7 Å². The molecule has 0 aliphatic carbocycles. The Balaban J connectivity index is 1.80. The maximum Gasteiger partial charge on any atom is 0.246 e. The Labute approximate surface area is 130 Å². The van der Waals surface area contributed by atoms with Crippen molar-refractivity contribution < 1.29 is 17.7 Å². The topological polar surface area (TPSA) is 105 Å². The molecule has 22 heavy (non-hydrogen) atoms. The molecule has 0 unspecified atom stereocenters. The molecule has 1 aromatic rings. The summed E-state index contributed by atoms with van der Waals surface area (Å²) in [6.45, 7) is 4.56. The predicted molar refractivity (Wildman–Crippen MR) is 79.3 cm³/mol. The van der Waals surface area contributed by atoms with Gasteiger partial charge in [0.1, 0.15) is 0 Å². The molecule has 1 aliphatic heterocycles. The van der Waals surface area contributed by atoms with E-state index in [1.165, 1.54) is 4.31 Å². The number of aromatic nitrogens is 2. The minimum Gasteiger partial charge on any atom is -0.347 e. The molecule has 1 saturated heterocycles. The molecule has 0 spiro atoms. The lowest BCUT2D eigenvalue weighted by Crippen LogP contribution is -2.43. The van der Waals surface area contributed by atoms with E-state index in [1.54, 1.807) is 6.92 Å². The van der Waals surface area contributed by atoms with Crippen LogP contribution in [0.1, 0.15) is 37.9 Å². The summed E-state index contributed by atoms with van der Waals surface area (Å²) in [6, 6.07) is 0. The maximum atomic E-state index is 12.1. The van der Waals surface area contributed by atoms with Gasteiger partial charge in [0.2, 0.25) is 21.8 Å². The van der Waals surface area contributed by atoms with Crippen molar-refractivity contribution in [2.24, 2.45) is 5.92 Å². The number of carbonyl (C=O) groups excluding carboxylic acids is 1. The standard InChI is InChI=1S/C13H22N4O4S/c1-3-8-22(19,20)17-6-4-11(5-7-17)13(18)14-9-12-15-10(2)16-21-12/h11H,3-9H2,1-2H3,(H,14,18). The molecule has 1 fully saturated rings. The van der Waals surface area contributed by atoms with Crippen LogP contribution in [0.4, 0.5) is 0 Å². The van der Waals surface area contributed by atoms with Crippen molar-refractivity contribution in [1.82, 2.24) is 19.8 Å². The quantitative estimate of drug-likeness (QED) is 0.811. The molecule has 1 amide bonds. The number of nitrogens with zero attached hydrogens (tertiary/aromatic N) is 3. The number of rotatable bonds is 6. The fourth-order valence-corrected chi connectivity index (χ4v) is 4.04. The van der Waals surface area contributed by atoms with Gasteiger partial charge in [-0.1, -0.05) is 12.1 Å². The van der Waals surface area contributed by atoms with Gasteiger partial charge in [-0.3, -0.25) is 4.79 Å². The summed E-state index contributed by atoms with van der Waals surface area (Å²) in [4.78, 5) is 16.1. The molecule has 0 bridgehead atoms. The van der Waals surface area contributed by atoms with E-state index in [4.69, 9.17) is 4.52 Å². The van der Waals surface area contributed by atoms with E-state index in [9.17, 15) is 13.2 Å². The van der Waals surface area contributed by atoms with E-state index >= 15 is 0 Å². The first-order chi connectivity index (χ1) is 10.4. The van der Waals surface area contributed by atoms with E-state index in [0.29, 0.717) is 44.1 Å². The molecule has 2 rings (SSSR count). The molecule has 1 aliphatic rings. The van der Waals surface area contributed by atoms with Crippen LogP contribution >= 0.6 is 0 Å². The number of carbonyl (C=O) groups is 1. The van der Waals surface area contributed by atoms with Crippen molar-refractivity contribution in [3.63, 3.8) is 0 Å². The fraction of sp³-hybridized carbons (Fsp3) is 0.769. The molecule has 1 N–H and O–H groups in total. The molecule has 1 aromatic heterocycles. The number of hydrogen-bond donors (Lipinski definition) is 1. The molecule has 0 saturated carbocycles. The number of aryl methyl sites for hydroxylation is 1. The second-order valence-corrected chi connectivity index (χ2v) is 7.53. The van der Waals surface area contributed by atoms with Gasteiger partial charge in [0, 0.05) is 19.0 Å². The number of amides is 1. The van der Waals surface area contributed by atoms with Gasteiger partial charge in [-0.05, 0) is 26.2 Å². The third kappa shape index (κ3) is 4.26. The van der Waals surface area contributed by atoms with Gasteiger partial charge in [0.05, 0.1) is 12.3 Å². The lowest BCUT2D eigenvalue weighted by molar-refractivity contribution is -0.126. The molecular weight excluding hydrogens is 308 g/mol. The van der Waals surface area contributed by atoms with Crippen LogP contribution in [0, 0.1) is 12.8 Å². The summed E-state index contributed by atoms with van der Waals surface area (Å²) in [5.74, 6) is 0.799. The zero-order chi connectivity index (χ0) is 16.2. The SMILES string of the molecule is CCCS(=O)(=O)N1CCC(C(=O)NCc2nc(C)no2)CC1. The molecule has 0 atom stereocenters. The minimum absolute atomic E-state index is 0.0941. The number of piperidine rings is 1. The van der Waals surface area contributed by atoms with Crippen LogP contribution in [0.3, 0.4) is 0 Å². The summed E-state index contributed by atoms with van der Waals surface area (Å²) in [5.41, 5.74) is 0. The monoisotopic (exact) mass is 330 g/mol. The maximum absolute atomic E-state index is 12.1. The van der Waals surface area contributed by atoms with Crippen molar-refractivity contribution in [3.05, 3.63) is 11.7 Å². The van der Waals surface area contributed by atoms with Gasteiger partial charge >= 0.3 is 0 Å². The van der Waals surface area contributed by atoms with Crippen molar-refractivity contribution in [3.8, 4) is 0 Å². The van der Waals surface area contributed by atoms with E-state index < -0.39 is 10.0 Å². The van der Waals surface area contributed by atoms with E-state index in [0.717, 1.165) is 0 Å². The number of hydrogen-bond acceptors (Lipinski definition) is 6. The zero-order valence-corrected chi connectivity index (χ0v) is 13.7. The average Bonchev–Trinajstić information content (AvgIpc) is 2.90. The summed E-state index contributed by atoms with van der Waals surface area (Å²) < 4.78 is 30.4. The van der Waals surface area contributed by atoms with Crippen molar-refractivity contribution in [1.29, 1.82) is 0 Å². The van der Waals surface area contributed by atoms with Crippen molar-refractivity contribution in [2.45, 2.75) is 39.7 Å².